The molecule has 0 unspecified atom stereocenters. The van der Waals surface area contributed by atoms with E-state index < -0.39 is 0 Å². The smallest absolute Gasteiger partial charge is 0.266 e. The molecule has 5 rings (SSSR count). The summed E-state index contributed by atoms with van der Waals surface area (Å²) in [6, 6.07) is 11.9. The van der Waals surface area contributed by atoms with Gasteiger partial charge in [-0.1, -0.05) is 12.1 Å². The fourth-order valence-corrected chi connectivity index (χ4v) is 4.44. The van der Waals surface area contributed by atoms with E-state index in [1.165, 1.54) is 11.1 Å². The summed E-state index contributed by atoms with van der Waals surface area (Å²) in [6.07, 6.45) is 2.07. The van der Waals surface area contributed by atoms with Gasteiger partial charge in [0, 0.05) is 43.7 Å². The van der Waals surface area contributed by atoms with Crippen LogP contribution in [0.25, 0.3) is 5.82 Å². The van der Waals surface area contributed by atoms with Gasteiger partial charge >= 0.3 is 0 Å². The zero-order chi connectivity index (χ0) is 20.7. The lowest BCUT2D eigenvalue weighted by atomic mass is 9.99. The zero-order valence-electron chi connectivity index (χ0n) is 17.5. The molecule has 0 radical (unpaired) electrons. The second kappa shape index (κ2) is 7.72. The third-order valence-electron chi connectivity index (χ3n) is 6.01. The Morgan fingerprint density at radius 3 is 2.77 bits per heavy atom. The van der Waals surface area contributed by atoms with Gasteiger partial charge in [0.05, 0.1) is 18.8 Å². The van der Waals surface area contributed by atoms with E-state index in [4.69, 9.17) is 4.74 Å². The van der Waals surface area contributed by atoms with Crippen LogP contribution in [0.15, 0.2) is 41.2 Å². The van der Waals surface area contributed by atoms with Crippen LogP contribution in [0.1, 0.15) is 22.5 Å². The molecule has 3 aromatic rings. The molecular weight excluding hydrogens is 378 g/mol. The van der Waals surface area contributed by atoms with E-state index in [1.54, 1.807) is 21.5 Å². The molecule has 1 fully saturated rings. The molecule has 2 aliphatic heterocycles. The lowest BCUT2D eigenvalue weighted by molar-refractivity contribution is 0.0855. The highest BCUT2D eigenvalue weighted by atomic mass is 16.5. The monoisotopic (exact) mass is 405 g/mol. The van der Waals surface area contributed by atoms with Gasteiger partial charge in [-0.25, -0.2) is 9.36 Å². The molecule has 0 amide bonds. The van der Waals surface area contributed by atoms with Crippen LogP contribution < -0.4 is 10.3 Å². The van der Waals surface area contributed by atoms with Gasteiger partial charge in [0.15, 0.2) is 5.82 Å². The molecule has 0 N–H and O–H groups in total. The van der Waals surface area contributed by atoms with Crippen molar-refractivity contribution in [2.24, 2.45) is 5.92 Å². The number of fused-ring (bicyclic) bond motifs is 1. The van der Waals surface area contributed by atoms with Gasteiger partial charge < -0.3 is 9.64 Å². The summed E-state index contributed by atoms with van der Waals surface area (Å²) in [5, 5.41) is 9.04. The number of hydrogen-bond donors (Lipinski definition) is 0. The van der Waals surface area contributed by atoms with Gasteiger partial charge in [0.1, 0.15) is 5.75 Å². The number of aromatic nitrogens is 4. The molecular formula is C23H27N5O2. The summed E-state index contributed by atoms with van der Waals surface area (Å²) < 4.78 is 8.97. The van der Waals surface area contributed by atoms with E-state index >= 15 is 0 Å². The number of ether oxygens (including phenoxy) is 1. The SMILES string of the molecule is Cc1cc(C)n(-c2ccc(=O)n(CC3CN(CCc4ccc5c(c4)CCO5)C3)n2)n1. The summed E-state index contributed by atoms with van der Waals surface area (Å²) in [6.45, 7) is 8.47. The fourth-order valence-electron chi connectivity index (χ4n) is 4.44. The minimum Gasteiger partial charge on any atom is -0.493 e. The minimum atomic E-state index is -0.0564. The Morgan fingerprint density at radius 1 is 1.10 bits per heavy atom. The van der Waals surface area contributed by atoms with E-state index in [9.17, 15) is 4.79 Å². The largest absolute Gasteiger partial charge is 0.493 e. The molecule has 2 aromatic heterocycles. The predicted octanol–water partition coefficient (Wildman–Crippen LogP) is 2.16. The highest BCUT2D eigenvalue weighted by Crippen LogP contribution is 2.26. The Kier molecular flexibility index (Phi) is 4.90. The Balaban J connectivity index is 1.17. The average Bonchev–Trinajstić information content (AvgIpc) is 3.30. The summed E-state index contributed by atoms with van der Waals surface area (Å²) in [5.41, 5.74) is 4.61. The van der Waals surface area contributed by atoms with Crippen molar-refractivity contribution in [2.45, 2.75) is 33.2 Å². The molecule has 0 saturated carbocycles. The average molecular weight is 406 g/mol. The molecule has 156 valence electrons. The molecule has 0 atom stereocenters. The van der Waals surface area contributed by atoms with E-state index in [-0.39, 0.29) is 5.56 Å². The summed E-state index contributed by atoms with van der Waals surface area (Å²) in [4.78, 5) is 14.7. The number of likely N-dealkylation sites (tertiary alicyclic amines) is 1. The molecule has 0 aliphatic carbocycles. The highest BCUT2D eigenvalue weighted by Gasteiger charge is 2.27. The van der Waals surface area contributed by atoms with Gasteiger partial charge in [-0.3, -0.25) is 4.79 Å². The van der Waals surface area contributed by atoms with Crippen LogP contribution in [0.2, 0.25) is 0 Å². The molecule has 1 saturated heterocycles. The van der Waals surface area contributed by atoms with Crippen LogP contribution in [0.3, 0.4) is 0 Å². The maximum Gasteiger partial charge on any atom is 0.266 e. The first kappa shape index (κ1) is 19.1. The predicted molar refractivity (Wildman–Crippen MR) is 114 cm³/mol. The normalized spacial score (nSPS) is 16.3. The van der Waals surface area contributed by atoms with Gasteiger partial charge in [0.2, 0.25) is 0 Å². The maximum atomic E-state index is 12.3. The number of aryl methyl sites for hydroxylation is 2. The zero-order valence-corrected chi connectivity index (χ0v) is 17.5. The number of nitrogens with zero attached hydrogens (tertiary/aromatic N) is 5. The standard InChI is InChI=1S/C23H27N5O2/c1-16-11-17(2)28(24-16)22-5-6-23(29)27(25-22)15-19-13-26(14-19)9-7-18-3-4-21-20(12-18)8-10-30-21/h3-6,11-12,19H,7-10,13-15H2,1-2H3. The van der Waals surface area contributed by atoms with E-state index in [0.717, 1.165) is 56.2 Å². The lowest BCUT2D eigenvalue weighted by Gasteiger charge is -2.39. The van der Waals surface area contributed by atoms with Gasteiger partial charge in [-0.15, -0.1) is 5.10 Å². The molecule has 7 nitrogen and oxygen atoms in total. The first-order chi connectivity index (χ1) is 14.5. The van der Waals surface area contributed by atoms with E-state index in [1.807, 2.05) is 19.9 Å². The second-order valence-electron chi connectivity index (χ2n) is 8.47. The summed E-state index contributed by atoms with van der Waals surface area (Å²) in [5.74, 6) is 2.19. The van der Waals surface area contributed by atoms with E-state index in [2.05, 4.69) is 33.3 Å². The first-order valence-corrected chi connectivity index (χ1v) is 10.6. The second-order valence-corrected chi connectivity index (χ2v) is 8.47. The van der Waals surface area contributed by atoms with Crippen LogP contribution in [0.5, 0.6) is 5.75 Å². The van der Waals surface area contributed by atoms with Crippen molar-refractivity contribution in [3.05, 3.63) is 69.3 Å². The van der Waals surface area contributed by atoms with Crippen molar-refractivity contribution >= 4 is 0 Å². The lowest BCUT2D eigenvalue weighted by Crippen LogP contribution is -2.50. The minimum absolute atomic E-state index is 0.0564. The Labute approximate surface area is 175 Å². The quantitative estimate of drug-likeness (QED) is 0.629. The van der Waals surface area contributed by atoms with Crippen LogP contribution in [0, 0.1) is 19.8 Å². The molecule has 0 spiro atoms. The maximum absolute atomic E-state index is 12.3. The molecule has 4 heterocycles. The van der Waals surface area contributed by atoms with Gasteiger partial charge in [-0.2, -0.15) is 5.10 Å². The van der Waals surface area contributed by atoms with Crippen molar-refractivity contribution in [3.8, 4) is 11.6 Å². The highest BCUT2D eigenvalue weighted by molar-refractivity contribution is 5.39. The van der Waals surface area contributed by atoms with Crippen LogP contribution in [0.4, 0.5) is 0 Å². The van der Waals surface area contributed by atoms with E-state index in [0.29, 0.717) is 18.3 Å². The molecule has 0 bridgehead atoms. The molecule has 2 aliphatic rings. The van der Waals surface area contributed by atoms with Crippen molar-refractivity contribution in [1.29, 1.82) is 0 Å². The van der Waals surface area contributed by atoms with Crippen LogP contribution in [-0.2, 0) is 19.4 Å². The fraction of sp³-hybridized carbons (Fsp3) is 0.435. The molecule has 30 heavy (non-hydrogen) atoms. The van der Waals surface area contributed by atoms with Crippen molar-refractivity contribution in [2.75, 3.05) is 26.2 Å². The third-order valence-corrected chi connectivity index (χ3v) is 6.01. The van der Waals surface area contributed by atoms with Crippen molar-refractivity contribution < 1.29 is 4.74 Å². The number of benzene rings is 1. The topological polar surface area (TPSA) is 65.2 Å². The van der Waals surface area contributed by atoms with Crippen molar-refractivity contribution in [3.63, 3.8) is 0 Å². The molecule has 7 heteroatoms. The Morgan fingerprint density at radius 2 is 1.97 bits per heavy atom. The van der Waals surface area contributed by atoms with Crippen LogP contribution in [-0.4, -0.2) is 50.7 Å². The van der Waals surface area contributed by atoms with Crippen molar-refractivity contribution in [1.82, 2.24) is 24.5 Å². The van der Waals surface area contributed by atoms with Gasteiger partial charge in [0.25, 0.3) is 5.56 Å². The molecule has 1 aromatic carbocycles. The van der Waals surface area contributed by atoms with Gasteiger partial charge in [-0.05, 0) is 49.6 Å². The summed E-state index contributed by atoms with van der Waals surface area (Å²) in [7, 11) is 0. The number of rotatable bonds is 6. The Hall–Kier alpha value is -2.93. The Bertz CT molecular complexity index is 1130. The first-order valence-electron chi connectivity index (χ1n) is 10.6. The summed E-state index contributed by atoms with van der Waals surface area (Å²) >= 11 is 0. The van der Waals surface area contributed by atoms with Crippen LogP contribution >= 0.6 is 0 Å². The number of hydrogen-bond acceptors (Lipinski definition) is 5. The third kappa shape index (κ3) is 3.77.